The molecular formula is C18H15N9. The predicted octanol–water partition coefficient (Wildman–Crippen LogP) is 2.97. The molecule has 132 valence electrons. The summed E-state index contributed by atoms with van der Waals surface area (Å²) in [6.45, 7) is 3.77. The van der Waals surface area contributed by atoms with E-state index in [1.807, 2.05) is 38.1 Å². The summed E-state index contributed by atoms with van der Waals surface area (Å²) in [5, 5.41) is 30.6. The fraction of sp³-hybridized carbons (Fsp3) is 0.111. The van der Waals surface area contributed by atoms with E-state index in [1.165, 1.54) is 6.20 Å². The van der Waals surface area contributed by atoms with Gasteiger partial charge in [0.2, 0.25) is 11.9 Å². The first-order chi connectivity index (χ1) is 13.1. The number of H-pyrrole nitrogens is 1. The van der Waals surface area contributed by atoms with Crippen LogP contribution in [0.5, 0.6) is 0 Å². The zero-order valence-corrected chi connectivity index (χ0v) is 14.6. The van der Waals surface area contributed by atoms with Crippen LogP contribution < -0.4 is 10.6 Å². The first-order valence-electron chi connectivity index (χ1n) is 7.97. The average molecular weight is 357 g/mol. The third kappa shape index (κ3) is 4.24. The molecule has 3 rings (SSSR count). The van der Waals surface area contributed by atoms with Gasteiger partial charge < -0.3 is 5.32 Å². The number of anilines is 3. The number of aryl methyl sites for hydroxylation is 2. The van der Waals surface area contributed by atoms with E-state index in [-0.39, 0.29) is 5.57 Å². The number of nitrogens with zero attached hydrogens (tertiary/aromatic N) is 6. The maximum absolute atomic E-state index is 8.84. The first kappa shape index (κ1) is 17.6. The summed E-state index contributed by atoms with van der Waals surface area (Å²) in [5.41, 5.74) is 3.05. The van der Waals surface area contributed by atoms with Crippen LogP contribution in [0.4, 0.5) is 17.6 Å². The molecule has 0 amide bonds. The minimum absolute atomic E-state index is 0.0308. The van der Waals surface area contributed by atoms with Gasteiger partial charge in [0.1, 0.15) is 17.7 Å². The molecule has 0 unspecified atom stereocenters. The van der Waals surface area contributed by atoms with Gasteiger partial charge in [0, 0.05) is 28.8 Å². The number of benzene rings is 1. The fourth-order valence-corrected chi connectivity index (χ4v) is 2.37. The molecule has 27 heavy (non-hydrogen) atoms. The largest absolute Gasteiger partial charge is 0.359 e. The van der Waals surface area contributed by atoms with E-state index in [9.17, 15) is 0 Å². The lowest BCUT2D eigenvalue weighted by Crippen LogP contribution is -2.01. The Balaban J connectivity index is 1.86. The molecule has 0 aliphatic carbocycles. The maximum Gasteiger partial charge on any atom is 0.249 e. The molecule has 2 heterocycles. The number of aromatic nitrogens is 5. The van der Waals surface area contributed by atoms with Gasteiger partial charge in [-0.15, -0.1) is 5.10 Å². The number of hydrogen-bond acceptors (Lipinski definition) is 8. The van der Waals surface area contributed by atoms with Gasteiger partial charge in [-0.2, -0.15) is 15.5 Å². The van der Waals surface area contributed by atoms with Crippen molar-refractivity contribution >= 4 is 17.6 Å². The molecule has 3 aromatic rings. The van der Waals surface area contributed by atoms with E-state index in [2.05, 4.69) is 35.8 Å². The minimum Gasteiger partial charge on any atom is -0.359 e. The first-order valence-corrected chi connectivity index (χ1v) is 7.97. The van der Waals surface area contributed by atoms with E-state index in [1.54, 1.807) is 18.2 Å². The van der Waals surface area contributed by atoms with E-state index in [0.717, 1.165) is 17.0 Å². The molecule has 9 nitrogen and oxygen atoms in total. The molecule has 0 spiro atoms. The fourth-order valence-electron chi connectivity index (χ4n) is 2.37. The second-order valence-electron chi connectivity index (χ2n) is 5.58. The smallest absolute Gasteiger partial charge is 0.249 e. The molecule has 0 bridgehead atoms. The molecule has 2 aromatic heterocycles. The lowest BCUT2D eigenvalue weighted by molar-refractivity contribution is 1.04. The summed E-state index contributed by atoms with van der Waals surface area (Å²) in [6.07, 6.45) is 1.34. The summed E-state index contributed by atoms with van der Waals surface area (Å²) in [5.74, 6) is 1.25. The monoisotopic (exact) mass is 357 g/mol. The zero-order chi connectivity index (χ0) is 19.2. The van der Waals surface area contributed by atoms with Crippen LogP contribution in [0.15, 0.2) is 42.1 Å². The van der Waals surface area contributed by atoms with Crippen LogP contribution in [-0.2, 0) is 0 Å². The van der Waals surface area contributed by atoms with Crippen LogP contribution in [-0.4, -0.2) is 25.1 Å². The molecule has 9 heteroatoms. The van der Waals surface area contributed by atoms with Crippen LogP contribution in [0.3, 0.4) is 0 Å². The van der Waals surface area contributed by atoms with Crippen LogP contribution in [0.1, 0.15) is 11.4 Å². The highest BCUT2D eigenvalue weighted by Crippen LogP contribution is 2.26. The van der Waals surface area contributed by atoms with Crippen molar-refractivity contribution in [1.82, 2.24) is 25.1 Å². The van der Waals surface area contributed by atoms with Gasteiger partial charge in [-0.05, 0) is 32.0 Å². The molecule has 3 N–H and O–H groups in total. The van der Waals surface area contributed by atoms with Crippen molar-refractivity contribution in [3.63, 3.8) is 0 Å². The predicted molar refractivity (Wildman–Crippen MR) is 99.5 cm³/mol. The van der Waals surface area contributed by atoms with E-state index in [4.69, 9.17) is 10.5 Å². The molecule has 0 aliphatic heterocycles. The maximum atomic E-state index is 8.84. The molecule has 0 saturated heterocycles. The number of hydrogen-bond donors (Lipinski definition) is 3. The summed E-state index contributed by atoms with van der Waals surface area (Å²) in [6, 6.07) is 12.8. The molecule has 0 saturated carbocycles. The number of rotatable bonds is 5. The Labute approximate surface area is 155 Å². The van der Waals surface area contributed by atoms with Crippen molar-refractivity contribution in [2.24, 2.45) is 0 Å². The van der Waals surface area contributed by atoms with E-state index in [0.29, 0.717) is 23.4 Å². The van der Waals surface area contributed by atoms with Crippen molar-refractivity contribution in [3.05, 3.63) is 53.5 Å². The normalized spacial score (nSPS) is 9.78. The van der Waals surface area contributed by atoms with Crippen molar-refractivity contribution in [2.45, 2.75) is 13.8 Å². The van der Waals surface area contributed by atoms with Gasteiger partial charge in [0.15, 0.2) is 5.82 Å². The standard InChI is InChI=1S/C18H15N9/c1-11-7-12(2)23-17(22-11)25-18-24-16(26-27-18)14-5-3-4-6-15(14)21-10-13(8-19)9-20/h3-7,10,21H,1-2H3,(H2,22,23,24,25,26,27). The molecule has 1 aromatic carbocycles. The van der Waals surface area contributed by atoms with Crippen molar-refractivity contribution in [2.75, 3.05) is 10.6 Å². The Morgan fingerprint density at radius 1 is 1.04 bits per heavy atom. The van der Waals surface area contributed by atoms with Crippen LogP contribution in [0, 0.1) is 36.5 Å². The molecule has 0 aliphatic rings. The number of para-hydroxylation sites is 1. The van der Waals surface area contributed by atoms with Gasteiger partial charge >= 0.3 is 0 Å². The van der Waals surface area contributed by atoms with Gasteiger partial charge in [-0.25, -0.2) is 9.97 Å². The summed E-state index contributed by atoms with van der Waals surface area (Å²) < 4.78 is 0. The third-order valence-electron chi connectivity index (χ3n) is 3.49. The topological polar surface area (TPSA) is 139 Å². The second-order valence-corrected chi connectivity index (χ2v) is 5.58. The second kappa shape index (κ2) is 7.76. The zero-order valence-electron chi connectivity index (χ0n) is 14.6. The highest BCUT2D eigenvalue weighted by molar-refractivity contribution is 5.75. The third-order valence-corrected chi connectivity index (χ3v) is 3.49. The van der Waals surface area contributed by atoms with Gasteiger partial charge in [0.25, 0.3) is 0 Å². The molecule has 0 radical (unpaired) electrons. The van der Waals surface area contributed by atoms with Crippen molar-refractivity contribution in [1.29, 1.82) is 10.5 Å². The Bertz CT molecular complexity index is 1050. The van der Waals surface area contributed by atoms with Crippen LogP contribution in [0.25, 0.3) is 11.4 Å². The number of nitriles is 2. The van der Waals surface area contributed by atoms with Crippen LogP contribution >= 0.6 is 0 Å². The van der Waals surface area contributed by atoms with Gasteiger partial charge in [0.05, 0.1) is 0 Å². The van der Waals surface area contributed by atoms with Crippen molar-refractivity contribution in [3.8, 4) is 23.5 Å². The lowest BCUT2D eigenvalue weighted by Gasteiger charge is -2.06. The number of allylic oxidation sites excluding steroid dienone is 1. The highest BCUT2D eigenvalue weighted by Gasteiger charge is 2.11. The Morgan fingerprint density at radius 3 is 2.44 bits per heavy atom. The van der Waals surface area contributed by atoms with E-state index >= 15 is 0 Å². The quantitative estimate of drug-likeness (QED) is 0.592. The summed E-state index contributed by atoms with van der Waals surface area (Å²) in [4.78, 5) is 13.0. The Kier molecular flexibility index (Phi) is 5.05. The van der Waals surface area contributed by atoms with Crippen LogP contribution in [0.2, 0.25) is 0 Å². The Morgan fingerprint density at radius 2 is 1.74 bits per heavy atom. The lowest BCUT2D eigenvalue weighted by atomic mass is 10.1. The van der Waals surface area contributed by atoms with Gasteiger partial charge in [-0.3, -0.25) is 10.4 Å². The summed E-state index contributed by atoms with van der Waals surface area (Å²) in [7, 11) is 0. The molecule has 0 atom stereocenters. The SMILES string of the molecule is Cc1cc(C)nc(Nc2n[nH]c(-c3ccccc3NC=C(C#N)C#N)n2)n1. The minimum atomic E-state index is -0.0308. The highest BCUT2D eigenvalue weighted by atomic mass is 15.3. The Hall–Kier alpha value is -4.24. The van der Waals surface area contributed by atoms with Crippen molar-refractivity contribution < 1.29 is 0 Å². The molecule has 0 fully saturated rings. The van der Waals surface area contributed by atoms with Gasteiger partial charge in [-0.1, -0.05) is 12.1 Å². The molecular weight excluding hydrogens is 342 g/mol. The average Bonchev–Trinajstić information content (AvgIpc) is 3.10. The summed E-state index contributed by atoms with van der Waals surface area (Å²) >= 11 is 0. The number of aromatic amines is 1. The van der Waals surface area contributed by atoms with E-state index < -0.39 is 0 Å². The number of nitrogens with one attached hydrogen (secondary N) is 3.